The Hall–Kier alpha value is -2.90. The van der Waals surface area contributed by atoms with E-state index < -0.39 is 0 Å². The monoisotopic (exact) mass is 397 g/mol. The van der Waals surface area contributed by atoms with Gasteiger partial charge in [0.2, 0.25) is 11.8 Å². The molecule has 1 heterocycles. The largest absolute Gasteiger partial charge is 0.496 e. The first-order chi connectivity index (χ1) is 14.1. The number of nitrogens with zero attached hydrogens (tertiary/aromatic N) is 1. The summed E-state index contributed by atoms with van der Waals surface area (Å²) in [5, 5.41) is 5.76. The van der Waals surface area contributed by atoms with Crippen molar-refractivity contribution in [3.63, 3.8) is 0 Å². The minimum Gasteiger partial charge on any atom is -0.496 e. The molecule has 0 spiro atoms. The molecule has 7 heteroatoms. The van der Waals surface area contributed by atoms with Gasteiger partial charge in [-0.15, -0.1) is 0 Å². The van der Waals surface area contributed by atoms with Gasteiger partial charge in [-0.25, -0.2) is 0 Å². The number of carbonyl (C=O) groups excluding carboxylic acids is 2. The second-order valence-corrected chi connectivity index (χ2v) is 6.87. The number of para-hydroxylation sites is 1. The Morgan fingerprint density at radius 2 is 1.59 bits per heavy atom. The number of carbonyl (C=O) groups is 2. The summed E-state index contributed by atoms with van der Waals surface area (Å²) in [4.78, 5) is 26.4. The molecule has 1 fully saturated rings. The highest BCUT2D eigenvalue weighted by Gasteiger charge is 2.14. The maximum Gasteiger partial charge on any atom is 0.238 e. The van der Waals surface area contributed by atoms with Crippen LogP contribution in [-0.4, -0.2) is 56.7 Å². The molecule has 0 saturated carbocycles. The molecule has 29 heavy (non-hydrogen) atoms. The number of ether oxygens (including phenoxy) is 2. The van der Waals surface area contributed by atoms with Crippen molar-refractivity contribution >= 4 is 23.2 Å². The van der Waals surface area contributed by atoms with Crippen LogP contribution in [0.15, 0.2) is 48.5 Å². The first-order valence-corrected chi connectivity index (χ1v) is 9.76. The molecular formula is C22H27N3O4. The Bertz CT molecular complexity index is 817. The number of rotatable bonds is 8. The topological polar surface area (TPSA) is 79.9 Å². The van der Waals surface area contributed by atoms with E-state index in [9.17, 15) is 9.59 Å². The van der Waals surface area contributed by atoms with Gasteiger partial charge in [0.05, 0.1) is 26.9 Å². The number of anilines is 2. The highest BCUT2D eigenvalue weighted by atomic mass is 16.5. The van der Waals surface area contributed by atoms with E-state index in [4.69, 9.17) is 9.47 Å². The van der Waals surface area contributed by atoms with Gasteiger partial charge in [0, 0.05) is 30.9 Å². The minimum absolute atomic E-state index is 0.0551. The molecule has 0 bridgehead atoms. The molecule has 0 aliphatic carbocycles. The highest BCUT2D eigenvalue weighted by Crippen LogP contribution is 2.19. The normalized spacial score (nSPS) is 14.2. The molecule has 1 saturated heterocycles. The quantitative estimate of drug-likeness (QED) is 0.716. The van der Waals surface area contributed by atoms with E-state index in [2.05, 4.69) is 15.5 Å². The summed E-state index contributed by atoms with van der Waals surface area (Å²) in [6.07, 6.45) is 0.962. The number of aryl methyl sites for hydroxylation is 1. The molecule has 2 aromatic rings. The van der Waals surface area contributed by atoms with Crippen LogP contribution in [0.4, 0.5) is 11.4 Å². The van der Waals surface area contributed by atoms with Gasteiger partial charge in [0.25, 0.3) is 0 Å². The SMILES string of the molecule is COc1ccccc1CCC(=O)Nc1ccc(NC(=O)CN2CCOCC2)cc1. The summed E-state index contributed by atoms with van der Waals surface area (Å²) >= 11 is 0. The average Bonchev–Trinajstić information content (AvgIpc) is 2.74. The van der Waals surface area contributed by atoms with Gasteiger partial charge < -0.3 is 20.1 Å². The maximum atomic E-state index is 12.2. The van der Waals surface area contributed by atoms with Gasteiger partial charge in [-0.1, -0.05) is 18.2 Å². The summed E-state index contributed by atoms with van der Waals surface area (Å²) in [5.41, 5.74) is 2.40. The molecule has 7 nitrogen and oxygen atoms in total. The lowest BCUT2D eigenvalue weighted by atomic mass is 10.1. The maximum absolute atomic E-state index is 12.2. The highest BCUT2D eigenvalue weighted by molar-refractivity contribution is 5.93. The predicted octanol–water partition coefficient (Wildman–Crippen LogP) is 2.54. The van der Waals surface area contributed by atoms with Crippen LogP contribution in [0.1, 0.15) is 12.0 Å². The van der Waals surface area contributed by atoms with E-state index in [0.29, 0.717) is 44.0 Å². The van der Waals surface area contributed by atoms with Gasteiger partial charge in [-0.3, -0.25) is 14.5 Å². The molecule has 154 valence electrons. The van der Waals surface area contributed by atoms with Crippen LogP contribution in [0.2, 0.25) is 0 Å². The van der Waals surface area contributed by atoms with Gasteiger partial charge >= 0.3 is 0 Å². The van der Waals surface area contributed by atoms with Crippen LogP contribution in [0.5, 0.6) is 5.75 Å². The molecule has 0 aromatic heterocycles. The second-order valence-electron chi connectivity index (χ2n) is 6.87. The van der Waals surface area contributed by atoms with Crippen molar-refractivity contribution in [1.82, 2.24) is 4.90 Å². The van der Waals surface area contributed by atoms with E-state index in [1.54, 1.807) is 31.4 Å². The minimum atomic E-state index is -0.0694. The standard InChI is InChI=1S/C22H27N3O4/c1-28-20-5-3-2-4-17(20)6-11-21(26)23-18-7-9-19(10-8-18)24-22(27)16-25-12-14-29-15-13-25/h2-5,7-10H,6,11-16H2,1H3,(H,23,26)(H,24,27). The van der Waals surface area contributed by atoms with Crippen LogP contribution < -0.4 is 15.4 Å². The van der Waals surface area contributed by atoms with Crippen LogP contribution in [0.25, 0.3) is 0 Å². The van der Waals surface area contributed by atoms with Crippen LogP contribution in [-0.2, 0) is 20.7 Å². The fraction of sp³-hybridized carbons (Fsp3) is 0.364. The lowest BCUT2D eigenvalue weighted by molar-refractivity contribution is -0.118. The van der Waals surface area contributed by atoms with Crippen LogP contribution in [0.3, 0.4) is 0 Å². The number of amides is 2. The molecule has 0 radical (unpaired) electrons. The Balaban J connectivity index is 1.44. The van der Waals surface area contributed by atoms with Gasteiger partial charge in [-0.2, -0.15) is 0 Å². The molecule has 2 amide bonds. The summed E-state index contributed by atoms with van der Waals surface area (Å²) < 4.78 is 10.6. The van der Waals surface area contributed by atoms with Crippen molar-refractivity contribution in [3.05, 3.63) is 54.1 Å². The molecule has 2 N–H and O–H groups in total. The molecule has 1 aliphatic heterocycles. The molecule has 0 unspecified atom stereocenters. The molecule has 0 atom stereocenters. The number of morpholine rings is 1. The first-order valence-electron chi connectivity index (χ1n) is 9.76. The molecule has 3 rings (SSSR count). The third kappa shape index (κ3) is 6.58. The van der Waals surface area contributed by atoms with E-state index in [0.717, 1.165) is 24.4 Å². The number of hydrogen-bond acceptors (Lipinski definition) is 5. The van der Waals surface area contributed by atoms with Crippen molar-refractivity contribution in [2.45, 2.75) is 12.8 Å². The van der Waals surface area contributed by atoms with Gasteiger partial charge in [-0.05, 0) is 42.3 Å². The lowest BCUT2D eigenvalue weighted by Gasteiger charge is -2.25. The zero-order valence-electron chi connectivity index (χ0n) is 16.6. The van der Waals surface area contributed by atoms with Gasteiger partial charge in [0.15, 0.2) is 0 Å². The average molecular weight is 397 g/mol. The number of nitrogens with one attached hydrogen (secondary N) is 2. The summed E-state index contributed by atoms with van der Waals surface area (Å²) in [5.74, 6) is 0.665. The zero-order chi connectivity index (χ0) is 20.5. The zero-order valence-corrected chi connectivity index (χ0v) is 16.6. The smallest absolute Gasteiger partial charge is 0.238 e. The summed E-state index contributed by atoms with van der Waals surface area (Å²) in [7, 11) is 1.63. The van der Waals surface area contributed by atoms with E-state index in [-0.39, 0.29) is 11.8 Å². The van der Waals surface area contributed by atoms with Crippen molar-refractivity contribution in [1.29, 1.82) is 0 Å². The number of hydrogen-bond donors (Lipinski definition) is 2. The van der Waals surface area contributed by atoms with Crippen molar-refractivity contribution in [2.75, 3.05) is 50.6 Å². The van der Waals surface area contributed by atoms with E-state index >= 15 is 0 Å². The predicted molar refractivity (Wildman–Crippen MR) is 112 cm³/mol. The summed E-state index contributed by atoms with van der Waals surface area (Å²) in [6.45, 7) is 3.22. The Kier molecular flexibility index (Phi) is 7.61. The Morgan fingerprint density at radius 3 is 2.24 bits per heavy atom. The fourth-order valence-corrected chi connectivity index (χ4v) is 3.18. The lowest BCUT2D eigenvalue weighted by Crippen LogP contribution is -2.41. The number of benzene rings is 2. The first kappa shape index (κ1) is 20.8. The van der Waals surface area contributed by atoms with Crippen molar-refractivity contribution < 1.29 is 19.1 Å². The van der Waals surface area contributed by atoms with Gasteiger partial charge in [0.1, 0.15) is 5.75 Å². The van der Waals surface area contributed by atoms with E-state index in [1.807, 2.05) is 24.3 Å². The van der Waals surface area contributed by atoms with E-state index in [1.165, 1.54) is 0 Å². The summed E-state index contributed by atoms with van der Waals surface area (Å²) in [6, 6.07) is 14.8. The van der Waals surface area contributed by atoms with Crippen LogP contribution in [0, 0.1) is 0 Å². The number of methoxy groups -OCH3 is 1. The van der Waals surface area contributed by atoms with Crippen LogP contribution >= 0.6 is 0 Å². The molecular weight excluding hydrogens is 370 g/mol. The fourth-order valence-electron chi connectivity index (χ4n) is 3.18. The third-order valence-electron chi connectivity index (χ3n) is 4.74. The molecule has 1 aliphatic rings. The molecule has 2 aromatic carbocycles. The van der Waals surface area contributed by atoms with Crippen molar-refractivity contribution in [2.24, 2.45) is 0 Å². The Morgan fingerprint density at radius 1 is 0.966 bits per heavy atom. The third-order valence-corrected chi connectivity index (χ3v) is 4.74. The Labute approximate surface area is 171 Å². The van der Waals surface area contributed by atoms with Crippen molar-refractivity contribution in [3.8, 4) is 5.75 Å². The second kappa shape index (κ2) is 10.6.